The number of pyridine rings is 1. The van der Waals surface area contributed by atoms with Crippen LogP contribution in [-0.2, 0) is 14.8 Å². The quantitative estimate of drug-likeness (QED) is 0.766. The molecule has 0 spiro atoms. The van der Waals surface area contributed by atoms with Crippen LogP contribution in [0.3, 0.4) is 0 Å². The van der Waals surface area contributed by atoms with Crippen LogP contribution >= 0.6 is 11.6 Å². The molecular formula is C10H14ClFN2O3S. The Morgan fingerprint density at radius 3 is 2.83 bits per heavy atom. The van der Waals surface area contributed by atoms with Gasteiger partial charge in [-0.15, -0.1) is 11.6 Å². The van der Waals surface area contributed by atoms with Crippen molar-refractivity contribution in [2.45, 2.75) is 17.4 Å². The Hall–Kier alpha value is -0.760. The van der Waals surface area contributed by atoms with E-state index in [-0.39, 0.29) is 17.4 Å². The summed E-state index contributed by atoms with van der Waals surface area (Å²) in [6.45, 7) is 0.189. The maximum atomic E-state index is 12.9. The minimum atomic E-state index is -3.82. The lowest BCUT2D eigenvalue weighted by atomic mass is 10.3. The fourth-order valence-corrected chi connectivity index (χ4v) is 2.83. The van der Waals surface area contributed by atoms with E-state index in [0.717, 1.165) is 18.5 Å². The molecule has 102 valence electrons. The van der Waals surface area contributed by atoms with Crippen molar-refractivity contribution in [2.24, 2.45) is 0 Å². The van der Waals surface area contributed by atoms with Gasteiger partial charge in [-0.1, -0.05) is 0 Å². The summed E-state index contributed by atoms with van der Waals surface area (Å²) in [5.41, 5.74) is 0. The molecule has 0 fully saturated rings. The van der Waals surface area contributed by atoms with Crippen molar-refractivity contribution in [3.05, 3.63) is 24.3 Å². The molecule has 0 aliphatic rings. The second-order valence-electron chi connectivity index (χ2n) is 3.59. The fourth-order valence-electron chi connectivity index (χ4n) is 1.34. The first-order valence-electron chi connectivity index (χ1n) is 5.17. The fraction of sp³-hybridized carbons (Fsp3) is 0.500. The zero-order valence-electron chi connectivity index (χ0n) is 9.77. The minimum absolute atomic E-state index is 0.189. The molecule has 1 heterocycles. The number of aromatic nitrogens is 1. The monoisotopic (exact) mass is 296 g/mol. The number of ether oxygens (including phenoxy) is 1. The maximum absolute atomic E-state index is 12.9. The first kappa shape index (κ1) is 15.3. The summed E-state index contributed by atoms with van der Waals surface area (Å²) in [6, 6.07) is 0.445. The molecule has 0 saturated heterocycles. The minimum Gasteiger partial charge on any atom is -0.383 e. The predicted molar refractivity (Wildman–Crippen MR) is 65.5 cm³/mol. The van der Waals surface area contributed by atoms with Gasteiger partial charge < -0.3 is 4.74 Å². The van der Waals surface area contributed by atoms with Crippen LogP contribution in [0.2, 0.25) is 0 Å². The Bertz CT molecular complexity index is 478. The van der Waals surface area contributed by atoms with E-state index in [1.807, 2.05) is 0 Å². The van der Waals surface area contributed by atoms with E-state index in [0.29, 0.717) is 6.42 Å². The van der Waals surface area contributed by atoms with E-state index in [1.165, 1.54) is 7.11 Å². The molecular weight excluding hydrogens is 283 g/mol. The van der Waals surface area contributed by atoms with E-state index < -0.39 is 21.9 Å². The van der Waals surface area contributed by atoms with E-state index in [1.54, 1.807) is 0 Å². The van der Waals surface area contributed by atoms with Gasteiger partial charge >= 0.3 is 0 Å². The standard InChI is InChI=1S/C10H14ClFN2O3S/c1-17-7-9(2-3-11)14-18(15,16)10-4-8(12)5-13-6-10/h4-6,9,14H,2-3,7H2,1H3. The van der Waals surface area contributed by atoms with Gasteiger partial charge in [0, 0.05) is 25.2 Å². The summed E-state index contributed by atoms with van der Waals surface area (Å²) < 4.78 is 44.1. The summed E-state index contributed by atoms with van der Waals surface area (Å²) in [5, 5.41) is 0. The Kier molecular flexibility index (Phi) is 5.94. The molecule has 0 radical (unpaired) electrons. The van der Waals surface area contributed by atoms with Gasteiger partial charge in [0.05, 0.1) is 12.8 Å². The molecule has 0 bridgehead atoms. The second-order valence-corrected chi connectivity index (χ2v) is 5.68. The average molecular weight is 297 g/mol. The van der Waals surface area contributed by atoms with Crippen LogP contribution in [0, 0.1) is 5.82 Å². The molecule has 18 heavy (non-hydrogen) atoms. The number of hydrogen-bond donors (Lipinski definition) is 1. The molecule has 0 aliphatic heterocycles. The van der Waals surface area contributed by atoms with Crippen LogP contribution in [0.1, 0.15) is 6.42 Å². The Balaban J connectivity index is 2.86. The molecule has 5 nitrogen and oxygen atoms in total. The van der Waals surface area contributed by atoms with Crippen LogP contribution in [0.5, 0.6) is 0 Å². The SMILES string of the molecule is COCC(CCCl)NS(=O)(=O)c1cncc(F)c1. The molecule has 0 saturated carbocycles. The zero-order valence-corrected chi connectivity index (χ0v) is 11.3. The number of nitrogens with one attached hydrogen (secondary N) is 1. The first-order chi connectivity index (χ1) is 8.49. The third-order valence-corrected chi connectivity index (χ3v) is 3.84. The van der Waals surface area contributed by atoms with Crippen molar-refractivity contribution < 1.29 is 17.5 Å². The van der Waals surface area contributed by atoms with Crippen LogP contribution in [0.4, 0.5) is 4.39 Å². The summed E-state index contributed by atoms with van der Waals surface area (Å²) in [6.07, 6.45) is 2.43. The lowest BCUT2D eigenvalue weighted by molar-refractivity contribution is 0.173. The summed E-state index contributed by atoms with van der Waals surface area (Å²) in [4.78, 5) is 3.27. The molecule has 0 aromatic carbocycles. The van der Waals surface area contributed by atoms with Gasteiger partial charge in [0.2, 0.25) is 10.0 Å². The second kappa shape index (κ2) is 6.98. The van der Waals surface area contributed by atoms with E-state index in [4.69, 9.17) is 16.3 Å². The lowest BCUT2D eigenvalue weighted by Gasteiger charge is -2.16. The van der Waals surface area contributed by atoms with Crippen LogP contribution in [0.25, 0.3) is 0 Å². The number of sulfonamides is 1. The number of rotatable bonds is 7. The van der Waals surface area contributed by atoms with Crippen molar-refractivity contribution in [1.82, 2.24) is 9.71 Å². The van der Waals surface area contributed by atoms with Crippen molar-refractivity contribution in [2.75, 3.05) is 19.6 Å². The number of halogens is 2. The van der Waals surface area contributed by atoms with Crippen molar-refractivity contribution in [3.8, 4) is 0 Å². The third kappa shape index (κ3) is 4.49. The first-order valence-corrected chi connectivity index (χ1v) is 7.19. The van der Waals surface area contributed by atoms with Gasteiger partial charge in [-0.05, 0) is 12.5 Å². The van der Waals surface area contributed by atoms with Crippen LogP contribution in [-0.4, -0.2) is 39.0 Å². The van der Waals surface area contributed by atoms with Gasteiger partial charge in [0.1, 0.15) is 10.7 Å². The smallest absolute Gasteiger partial charge is 0.242 e. The maximum Gasteiger partial charge on any atom is 0.242 e. The van der Waals surface area contributed by atoms with Gasteiger partial charge in [0.15, 0.2) is 0 Å². The topological polar surface area (TPSA) is 68.3 Å². The molecule has 0 amide bonds. The molecule has 1 aromatic heterocycles. The average Bonchev–Trinajstić information content (AvgIpc) is 2.29. The highest BCUT2D eigenvalue weighted by Crippen LogP contribution is 2.10. The molecule has 1 atom stereocenters. The third-order valence-electron chi connectivity index (χ3n) is 2.14. The molecule has 0 aliphatic carbocycles. The van der Waals surface area contributed by atoms with E-state index in [9.17, 15) is 12.8 Å². The normalized spacial score (nSPS) is 13.5. The van der Waals surface area contributed by atoms with Crippen molar-refractivity contribution >= 4 is 21.6 Å². The van der Waals surface area contributed by atoms with Gasteiger partial charge in [0.25, 0.3) is 0 Å². The molecule has 1 N–H and O–H groups in total. The summed E-state index contributed by atoms with van der Waals surface area (Å²) >= 11 is 5.57. The Labute approximate surface area is 110 Å². The predicted octanol–water partition coefficient (Wildman–Crippen LogP) is 1.14. The van der Waals surface area contributed by atoms with Gasteiger partial charge in [-0.2, -0.15) is 0 Å². The Morgan fingerprint density at radius 1 is 1.56 bits per heavy atom. The highest BCUT2D eigenvalue weighted by Gasteiger charge is 2.20. The summed E-state index contributed by atoms with van der Waals surface area (Å²) in [5.74, 6) is -0.420. The van der Waals surface area contributed by atoms with Crippen molar-refractivity contribution in [1.29, 1.82) is 0 Å². The highest BCUT2D eigenvalue weighted by atomic mass is 35.5. The van der Waals surface area contributed by atoms with Crippen LogP contribution in [0.15, 0.2) is 23.4 Å². The highest BCUT2D eigenvalue weighted by molar-refractivity contribution is 7.89. The lowest BCUT2D eigenvalue weighted by Crippen LogP contribution is -2.38. The number of hydrogen-bond acceptors (Lipinski definition) is 4. The van der Waals surface area contributed by atoms with Gasteiger partial charge in [-0.3, -0.25) is 4.98 Å². The van der Waals surface area contributed by atoms with Crippen molar-refractivity contribution in [3.63, 3.8) is 0 Å². The van der Waals surface area contributed by atoms with E-state index >= 15 is 0 Å². The molecule has 1 unspecified atom stereocenters. The molecule has 1 aromatic rings. The molecule has 8 heteroatoms. The zero-order chi connectivity index (χ0) is 13.6. The van der Waals surface area contributed by atoms with E-state index in [2.05, 4.69) is 9.71 Å². The molecule has 1 rings (SSSR count). The van der Waals surface area contributed by atoms with Crippen LogP contribution < -0.4 is 4.72 Å². The largest absolute Gasteiger partial charge is 0.383 e. The summed E-state index contributed by atoms with van der Waals surface area (Å²) in [7, 11) is -2.36. The Morgan fingerprint density at radius 2 is 2.28 bits per heavy atom. The number of nitrogens with zero attached hydrogens (tertiary/aromatic N) is 1. The number of alkyl halides is 1. The van der Waals surface area contributed by atoms with Gasteiger partial charge in [-0.25, -0.2) is 17.5 Å². The number of methoxy groups -OCH3 is 1.